The van der Waals surface area contributed by atoms with E-state index in [1.807, 2.05) is 19.1 Å². The zero-order chi connectivity index (χ0) is 21.8. The van der Waals surface area contributed by atoms with Gasteiger partial charge in [-0.1, -0.05) is 6.07 Å². The van der Waals surface area contributed by atoms with Gasteiger partial charge in [0.15, 0.2) is 11.5 Å². The number of nitrogens with zero attached hydrogens (tertiary/aromatic N) is 6. The maximum absolute atomic E-state index is 13.3. The average molecular weight is 421 g/mol. The molecule has 0 atom stereocenters. The fraction of sp³-hybridized carbons (Fsp3) is 0.0952. The summed E-state index contributed by atoms with van der Waals surface area (Å²) in [6.45, 7) is 1.88. The number of nitrogens with two attached hydrogens (primary N) is 1. The van der Waals surface area contributed by atoms with E-state index in [4.69, 9.17) is 5.73 Å². The van der Waals surface area contributed by atoms with Crippen LogP contribution in [0.15, 0.2) is 55.0 Å². The Kier molecular flexibility index (Phi) is 4.10. The summed E-state index contributed by atoms with van der Waals surface area (Å²) in [6, 6.07) is 9.89. The van der Waals surface area contributed by atoms with E-state index in [2.05, 4.69) is 25.1 Å². The first-order valence-electron chi connectivity index (χ1n) is 9.21. The molecular formula is C21H14F3N7. The van der Waals surface area contributed by atoms with Crippen LogP contribution >= 0.6 is 0 Å². The Morgan fingerprint density at radius 3 is 2.35 bits per heavy atom. The van der Waals surface area contributed by atoms with Crippen molar-refractivity contribution in [3.05, 3.63) is 66.2 Å². The molecule has 7 nitrogen and oxygen atoms in total. The standard InChI is InChI=1S/C21H14F3N7/c1-11-2-3-13(8-26-11)20-30-29-18-10-27-16-5-4-12(7-17(16)31(18)20)14-6-15(21(22,23)24)19(25)28-9-14/h2-10H,1H3,(H2,25,28). The third kappa shape index (κ3) is 3.21. The first-order valence-corrected chi connectivity index (χ1v) is 9.21. The van der Waals surface area contributed by atoms with E-state index in [0.717, 1.165) is 17.3 Å². The Morgan fingerprint density at radius 2 is 1.61 bits per heavy atom. The quantitative estimate of drug-likeness (QED) is 0.456. The van der Waals surface area contributed by atoms with E-state index in [1.54, 1.807) is 35.0 Å². The van der Waals surface area contributed by atoms with Crippen molar-refractivity contribution in [2.24, 2.45) is 0 Å². The number of nitrogen functional groups attached to an aromatic ring is 1. The molecule has 0 radical (unpaired) electrons. The van der Waals surface area contributed by atoms with Crippen LogP contribution in [0.3, 0.4) is 0 Å². The second-order valence-corrected chi connectivity index (χ2v) is 7.02. The number of anilines is 1. The summed E-state index contributed by atoms with van der Waals surface area (Å²) >= 11 is 0. The van der Waals surface area contributed by atoms with Crippen molar-refractivity contribution in [1.29, 1.82) is 0 Å². The summed E-state index contributed by atoms with van der Waals surface area (Å²) in [7, 11) is 0. The number of hydrogen-bond donors (Lipinski definition) is 1. The van der Waals surface area contributed by atoms with Gasteiger partial charge in [-0.15, -0.1) is 10.2 Å². The summed E-state index contributed by atoms with van der Waals surface area (Å²) in [4.78, 5) is 12.4. The second kappa shape index (κ2) is 6.73. The monoisotopic (exact) mass is 421 g/mol. The Hall–Kier alpha value is -4.08. The molecule has 0 fully saturated rings. The molecule has 0 amide bonds. The minimum absolute atomic E-state index is 0.284. The summed E-state index contributed by atoms with van der Waals surface area (Å²) in [5.41, 5.74) is 8.67. The van der Waals surface area contributed by atoms with E-state index in [1.165, 1.54) is 6.20 Å². The number of halogens is 3. The van der Waals surface area contributed by atoms with E-state index in [-0.39, 0.29) is 5.56 Å². The number of pyridine rings is 2. The van der Waals surface area contributed by atoms with Gasteiger partial charge in [-0.05, 0) is 42.8 Å². The van der Waals surface area contributed by atoms with Crippen LogP contribution in [0, 0.1) is 6.92 Å². The number of fused-ring (bicyclic) bond motifs is 3. The lowest BCUT2D eigenvalue weighted by molar-refractivity contribution is -0.137. The third-order valence-electron chi connectivity index (χ3n) is 4.95. The highest BCUT2D eigenvalue weighted by molar-refractivity contribution is 5.85. The molecule has 0 saturated heterocycles. The fourth-order valence-electron chi connectivity index (χ4n) is 3.38. The molecule has 0 aliphatic heterocycles. The summed E-state index contributed by atoms with van der Waals surface area (Å²) < 4.78 is 41.6. The van der Waals surface area contributed by atoms with Crippen molar-refractivity contribution in [2.75, 3.05) is 5.73 Å². The number of alkyl halides is 3. The lowest BCUT2D eigenvalue weighted by Crippen LogP contribution is -2.10. The highest BCUT2D eigenvalue weighted by Gasteiger charge is 2.34. The Morgan fingerprint density at radius 1 is 0.839 bits per heavy atom. The van der Waals surface area contributed by atoms with E-state index >= 15 is 0 Å². The van der Waals surface area contributed by atoms with Gasteiger partial charge in [0.1, 0.15) is 5.82 Å². The summed E-state index contributed by atoms with van der Waals surface area (Å²) in [5, 5.41) is 8.43. The second-order valence-electron chi connectivity index (χ2n) is 7.02. The molecule has 31 heavy (non-hydrogen) atoms. The Balaban J connectivity index is 1.74. The molecule has 0 aliphatic carbocycles. The number of aromatic nitrogens is 6. The Bertz CT molecular complexity index is 1440. The molecule has 5 aromatic rings. The minimum Gasteiger partial charge on any atom is -0.383 e. The molecule has 4 heterocycles. The zero-order valence-corrected chi connectivity index (χ0v) is 16.1. The van der Waals surface area contributed by atoms with Crippen LogP contribution in [0.5, 0.6) is 0 Å². The first-order chi connectivity index (χ1) is 14.8. The molecule has 2 N–H and O–H groups in total. The number of hydrogen-bond acceptors (Lipinski definition) is 6. The maximum Gasteiger partial charge on any atom is 0.419 e. The van der Waals surface area contributed by atoms with Gasteiger partial charge in [-0.2, -0.15) is 13.2 Å². The van der Waals surface area contributed by atoms with Crippen LogP contribution in [0.1, 0.15) is 11.3 Å². The Labute approximate surface area is 173 Å². The molecule has 0 unspecified atom stereocenters. The van der Waals surface area contributed by atoms with Gasteiger partial charge in [0.05, 0.1) is 22.8 Å². The van der Waals surface area contributed by atoms with Crippen molar-refractivity contribution in [2.45, 2.75) is 13.1 Å². The molecule has 154 valence electrons. The smallest absolute Gasteiger partial charge is 0.383 e. The SMILES string of the molecule is Cc1ccc(-c2nnc3cnc4ccc(-c5cnc(N)c(C(F)(F)F)c5)cc4n23)cn1. The van der Waals surface area contributed by atoms with Crippen LogP contribution in [-0.4, -0.2) is 29.5 Å². The van der Waals surface area contributed by atoms with Crippen LogP contribution in [-0.2, 0) is 6.18 Å². The maximum atomic E-state index is 13.3. The van der Waals surface area contributed by atoms with Gasteiger partial charge < -0.3 is 5.73 Å². The molecule has 0 saturated carbocycles. The van der Waals surface area contributed by atoms with Gasteiger partial charge in [0.25, 0.3) is 0 Å². The first kappa shape index (κ1) is 18.9. The van der Waals surface area contributed by atoms with Crippen molar-refractivity contribution in [3.63, 3.8) is 0 Å². The van der Waals surface area contributed by atoms with Gasteiger partial charge in [-0.25, -0.2) is 4.98 Å². The van der Waals surface area contributed by atoms with E-state index < -0.39 is 17.6 Å². The molecule has 10 heteroatoms. The molecule has 0 spiro atoms. The van der Waals surface area contributed by atoms with Gasteiger partial charge in [0.2, 0.25) is 0 Å². The average Bonchev–Trinajstić information content (AvgIpc) is 3.18. The zero-order valence-electron chi connectivity index (χ0n) is 16.1. The number of aryl methyl sites for hydroxylation is 1. The van der Waals surface area contributed by atoms with Gasteiger partial charge in [-0.3, -0.25) is 14.4 Å². The van der Waals surface area contributed by atoms with E-state index in [9.17, 15) is 13.2 Å². The highest BCUT2D eigenvalue weighted by Crippen LogP contribution is 2.35. The summed E-state index contributed by atoms with van der Waals surface area (Å²) in [5.74, 6) is -0.00692. The van der Waals surface area contributed by atoms with Crippen molar-refractivity contribution in [3.8, 4) is 22.5 Å². The normalized spacial score (nSPS) is 12.0. The largest absolute Gasteiger partial charge is 0.419 e. The van der Waals surface area contributed by atoms with Crippen molar-refractivity contribution in [1.82, 2.24) is 29.5 Å². The van der Waals surface area contributed by atoms with Crippen molar-refractivity contribution >= 4 is 22.5 Å². The van der Waals surface area contributed by atoms with Crippen LogP contribution < -0.4 is 5.73 Å². The van der Waals surface area contributed by atoms with Crippen molar-refractivity contribution < 1.29 is 13.2 Å². The lowest BCUT2D eigenvalue weighted by atomic mass is 10.0. The fourth-order valence-corrected chi connectivity index (χ4v) is 3.38. The molecule has 0 bridgehead atoms. The van der Waals surface area contributed by atoms with Crippen LogP contribution in [0.4, 0.5) is 19.0 Å². The molecule has 4 aromatic heterocycles. The number of rotatable bonds is 2. The van der Waals surface area contributed by atoms with Gasteiger partial charge >= 0.3 is 6.18 Å². The lowest BCUT2D eigenvalue weighted by Gasteiger charge is -2.12. The molecule has 5 rings (SSSR count). The third-order valence-corrected chi connectivity index (χ3v) is 4.95. The van der Waals surface area contributed by atoms with E-state index in [0.29, 0.717) is 28.1 Å². The van der Waals surface area contributed by atoms with Crippen LogP contribution in [0.25, 0.3) is 39.2 Å². The van der Waals surface area contributed by atoms with Gasteiger partial charge in [0, 0.05) is 29.2 Å². The minimum atomic E-state index is -4.60. The highest BCUT2D eigenvalue weighted by atomic mass is 19.4. The molecular weight excluding hydrogens is 407 g/mol. The topological polar surface area (TPSA) is 94.9 Å². The predicted molar refractivity (Wildman–Crippen MR) is 109 cm³/mol. The predicted octanol–water partition coefficient (Wildman–Crippen LogP) is 4.31. The molecule has 0 aliphatic rings. The molecule has 1 aromatic carbocycles. The summed E-state index contributed by atoms with van der Waals surface area (Å²) in [6.07, 6.45) is 0.00294. The van der Waals surface area contributed by atoms with Crippen LogP contribution in [0.2, 0.25) is 0 Å². The number of benzene rings is 1.